The fourth-order valence-electron chi connectivity index (χ4n) is 1.11. The summed E-state index contributed by atoms with van der Waals surface area (Å²) in [6.45, 7) is 0. The minimum Gasteiger partial charge on any atom is -0.308 e. The van der Waals surface area contributed by atoms with Crippen LogP contribution in [0, 0.1) is 0 Å². The largest absolute Gasteiger partial charge is 0.308 e. The number of thiophene rings is 1. The lowest BCUT2D eigenvalue weighted by molar-refractivity contribution is 0.590. The highest BCUT2D eigenvalue weighted by Crippen LogP contribution is 2.15. The third kappa shape index (κ3) is 2.60. The van der Waals surface area contributed by atoms with Gasteiger partial charge in [0.1, 0.15) is 4.21 Å². The zero-order valence-electron chi connectivity index (χ0n) is 8.25. The molecule has 1 heterocycles. The maximum atomic E-state index is 11.7. The standard InChI is InChI=1S/C10H10N2O2S2/c13-16(14,10-7-4-8-15-10)12-11-9-5-2-1-3-6-9/h1-8,11-12H. The Morgan fingerprint density at radius 3 is 2.38 bits per heavy atom. The van der Waals surface area contributed by atoms with Gasteiger partial charge in [0.15, 0.2) is 0 Å². The van der Waals surface area contributed by atoms with Gasteiger partial charge in [-0.15, -0.1) is 16.2 Å². The van der Waals surface area contributed by atoms with Crippen LogP contribution >= 0.6 is 11.3 Å². The predicted molar refractivity (Wildman–Crippen MR) is 64.7 cm³/mol. The first-order valence-electron chi connectivity index (χ1n) is 4.55. The molecule has 0 aliphatic carbocycles. The quantitative estimate of drug-likeness (QED) is 0.821. The minimum absolute atomic E-state index is 0.288. The van der Waals surface area contributed by atoms with Gasteiger partial charge in [0.25, 0.3) is 10.0 Å². The molecule has 2 rings (SSSR count). The normalized spacial score (nSPS) is 11.2. The van der Waals surface area contributed by atoms with Gasteiger partial charge in [0.05, 0.1) is 0 Å². The molecule has 1 aromatic carbocycles. The van der Waals surface area contributed by atoms with Crippen LogP contribution < -0.4 is 10.3 Å². The first kappa shape index (κ1) is 11.1. The van der Waals surface area contributed by atoms with Crippen molar-refractivity contribution in [2.75, 3.05) is 5.43 Å². The summed E-state index contributed by atoms with van der Waals surface area (Å²) in [5, 5.41) is 1.72. The van der Waals surface area contributed by atoms with Crippen LogP contribution in [0.3, 0.4) is 0 Å². The van der Waals surface area contributed by atoms with Crippen LogP contribution in [0.15, 0.2) is 52.1 Å². The van der Waals surface area contributed by atoms with Crippen LogP contribution in [0.25, 0.3) is 0 Å². The highest BCUT2D eigenvalue weighted by molar-refractivity contribution is 7.91. The van der Waals surface area contributed by atoms with Crippen LogP contribution in [-0.2, 0) is 10.0 Å². The van der Waals surface area contributed by atoms with Gasteiger partial charge in [0.2, 0.25) is 0 Å². The third-order valence-corrected chi connectivity index (χ3v) is 4.51. The van der Waals surface area contributed by atoms with E-state index < -0.39 is 10.0 Å². The molecule has 0 bridgehead atoms. The smallest absolute Gasteiger partial charge is 0.266 e. The lowest BCUT2D eigenvalue weighted by Crippen LogP contribution is -2.28. The average Bonchev–Trinajstić information content (AvgIpc) is 2.82. The number of hydrogen-bond donors (Lipinski definition) is 2. The van der Waals surface area contributed by atoms with Crippen molar-refractivity contribution in [3.8, 4) is 0 Å². The molecule has 16 heavy (non-hydrogen) atoms. The molecule has 0 aliphatic rings. The lowest BCUT2D eigenvalue weighted by atomic mass is 10.3. The Kier molecular flexibility index (Phi) is 3.23. The third-order valence-electron chi connectivity index (χ3n) is 1.86. The van der Waals surface area contributed by atoms with E-state index in [1.54, 1.807) is 29.6 Å². The van der Waals surface area contributed by atoms with Crippen LogP contribution in [0.2, 0.25) is 0 Å². The SMILES string of the molecule is O=S(=O)(NNc1ccccc1)c1cccs1. The van der Waals surface area contributed by atoms with E-state index in [0.717, 1.165) is 0 Å². The van der Waals surface area contributed by atoms with Crippen LogP contribution in [-0.4, -0.2) is 8.42 Å². The van der Waals surface area contributed by atoms with E-state index in [2.05, 4.69) is 10.3 Å². The minimum atomic E-state index is -3.46. The highest BCUT2D eigenvalue weighted by Gasteiger charge is 2.13. The van der Waals surface area contributed by atoms with Crippen molar-refractivity contribution in [3.05, 3.63) is 47.8 Å². The molecule has 0 aliphatic heterocycles. The Bertz CT molecular complexity index is 535. The van der Waals surface area contributed by atoms with E-state index in [1.807, 2.05) is 18.2 Å². The van der Waals surface area contributed by atoms with Crippen molar-refractivity contribution < 1.29 is 8.42 Å². The Balaban J connectivity index is 2.07. The molecule has 0 fully saturated rings. The van der Waals surface area contributed by atoms with Crippen molar-refractivity contribution in [3.63, 3.8) is 0 Å². The Hall–Kier alpha value is -1.37. The molecule has 4 nitrogen and oxygen atoms in total. The van der Waals surface area contributed by atoms with E-state index >= 15 is 0 Å². The van der Waals surface area contributed by atoms with Gasteiger partial charge in [-0.25, -0.2) is 8.42 Å². The van der Waals surface area contributed by atoms with Crippen molar-refractivity contribution in [1.29, 1.82) is 0 Å². The van der Waals surface area contributed by atoms with Gasteiger partial charge < -0.3 is 5.43 Å². The maximum absolute atomic E-state index is 11.7. The van der Waals surface area contributed by atoms with Crippen LogP contribution in [0.1, 0.15) is 0 Å². The number of hydrazine groups is 1. The topological polar surface area (TPSA) is 58.2 Å². The molecule has 0 spiro atoms. The van der Waals surface area contributed by atoms with Gasteiger partial charge in [0, 0.05) is 5.69 Å². The molecule has 1 aromatic heterocycles. The first-order valence-corrected chi connectivity index (χ1v) is 6.91. The van der Waals surface area contributed by atoms with E-state index in [1.165, 1.54) is 11.3 Å². The van der Waals surface area contributed by atoms with Gasteiger partial charge in [-0.3, -0.25) is 0 Å². The van der Waals surface area contributed by atoms with Crippen LogP contribution in [0.4, 0.5) is 5.69 Å². The second-order valence-corrected chi connectivity index (χ2v) is 5.89. The van der Waals surface area contributed by atoms with Crippen molar-refractivity contribution in [2.24, 2.45) is 0 Å². The van der Waals surface area contributed by atoms with Crippen molar-refractivity contribution >= 4 is 27.0 Å². The number of nitrogens with one attached hydrogen (secondary N) is 2. The fraction of sp³-hybridized carbons (Fsp3) is 0. The summed E-state index contributed by atoms with van der Waals surface area (Å²) in [5.41, 5.74) is 3.34. The maximum Gasteiger partial charge on any atom is 0.266 e. The number of rotatable bonds is 4. The number of anilines is 1. The van der Waals surface area contributed by atoms with Gasteiger partial charge in [-0.2, -0.15) is 0 Å². The second-order valence-electron chi connectivity index (χ2n) is 3.03. The molecular formula is C10H10N2O2S2. The molecule has 0 saturated heterocycles. The summed E-state index contributed by atoms with van der Waals surface area (Å²) < 4.78 is 23.7. The van der Waals surface area contributed by atoms with Gasteiger partial charge >= 0.3 is 0 Å². The summed E-state index contributed by atoms with van der Waals surface area (Å²) in [4.78, 5) is 2.31. The Morgan fingerprint density at radius 1 is 1.00 bits per heavy atom. The Labute approximate surface area is 98.0 Å². The monoisotopic (exact) mass is 254 g/mol. The first-order chi connectivity index (χ1) is 7.68. The predicted octanol–water partition coefficient (Wildman–Crippen LogP) is 2.05. The molecule has 0 saturated carbocycles. The number of sulfonamides is 1. The van der Waals surface area contributed by atoms with E-state index in [9.17, 15) is 8.42 Å². The molecule has 0 atom stereocenters. The molecule has 0 unspecified atom stereocenters. The highest BCUT2D eigenvalue weighted by atomic mass is 32.2. The number of para-hydroxylation sites is 1. The Morgan fingerprint density at radius 2 is 1.75 bits per heavy atom. The lowest BCUT2D eigenvalue weighted by Gasteiger charge is -2.07. The zero-order chi connectivity index (χ0) is 11.4. The molecule has 6 heteroatoms. The molecular weight excluding hydrogens is 244 g/mol. The summed E-state index contributed by atoms with van der Waals surface area (Å²) in [7, 11) is -3.46. The van der Waals surface area contributed by atoms with Gasteiger partial charge in [-0.1, -0.05) is 24.3 Å². The summed E-state index contributed by atoms with van der Waals surface area (Å²) in [5.74, 6) is 0. The molecule has 2 N–H and O–H groups in total. The summed E-state index contributed by atoms with van der Waals surface area (Å²) in [6, 6.07) is 12.3. The molecule has 0 amide bonds. The molecule has 2 aromatic rings. The number of benzene rings is 1. The fourth-order valence-corrected chi connectivity index (χ4v) is 2.97. The summed E-state index contributed by atoms with van der Waals surface area (Å²) >= 11 is 1.17. The average molecular weight is 254 g/mol. The van der Waals surface area contributed by atoms with E-state index in [-0.39, 0.29) is 4.21 Å². The van der Waals surface area contributed by atoms with Crippen molar-refractivity contribution in [1.82, 2.24) is 4.83 Å². The second kappa shape index (κ2) is 4.65. The van der Waals surface area contributed by atoms with E-state index in [0.29, 0.717) is 5.69 Å². The molecule has 0 radical (unpaired) electrons. The number of hydrogen-bond acceptors (Lipinski definition) is 4. The zero-order valence-corrected chi connectivity index (χ0v) is 9.88. The van der Waals surface area contributed by atoms with E-state index in [4.69, 9.17) is 0 Å². The molecule has 84 valence electrons. The summed E-state index contributed by atoms with van der Waals surface area (Å²) in [6.07, 6.45) is 0. The van der Waals surface area contributed by atoms with Gasteiger partial charge in [-0.05, 0) is 23.6 Å². The van der Waals surface area contributed by atoms with Crippen molar-refractivity contribution in [2.45, 2.75) is 4.21 Å². The van der Waals surface area contributed by atoms with Crippen LogP contribution in [0.5, 0.6) is 0 Å².